The Labute approximate surface area is 165 Å². The molecule has 11 nitrogen and oxygen atoms in total. The second kappa shape index (κ2) is 8.69. The number of nitrogens with zero attached hydrogens (tertiary/aromatic N) is 5. The van der Waals surface area contributed by atoms with E-state index in [4.69, 9.17) is 10.5 Å². The number of aromatic nitrogens is 5. The molecule has 29 heavy (non-hydrogen) atoms. The number of carbonyl (C=O) groups is 1. The van der Waals surface area contributed by atoms with E-state index in [2.05, 4.69) is 15.3 Å². The summed E-state index contributed by atoms with van der Waals surface area (Å²) in [5.74, 6) is -0.495. The average molecular weight is 401 g/mol. The molecule has 3 aromatic rings. The molecule has 1 aromatic carbocycles. The van der Waals surface area contributed by atoms with Crippen LogP contribution < -0.4 is 21.9 Å². The summed E-state index contributed by atoms with van der Waals surface area (Å²) in [6, 6.07) is 7.23. The van der Waals surface area contributed by atoms with Gasteiger partial charge in [0.15, 0.2) is 5.69 Å². The monoisotopic (exact) mass is 401 g/mol. The molecule has 0 spiro atoms. The van der Waals surface area contributed by atoms with Gasteiger partial charge in [-0.3, -0.25) is 19.1 Å². The molecule has 0 aliphatic heterocycles. The van der Waals surface area contributed by atoms with Crippen LogP contribution in [-0.4, -0.2) is 50.7 Å². The molecule has 2 heterocycles. The number of H-pyrrole nitrogens is 1. The van der Waals surface area contributed by atoms with Gasteiger partial charge in [0.05, 0.1) is 12.1 Å². The van der Waals surface area contributed by atoms with E-state index in [1.165, 1.54) is 21.3 Å². The fourth-order valence-electron chi connectivity index (χ4n) is 3.08. The summed E-state index contributed by atoms with van der Waals surface area (Å²) in [4.78, 5) is 41.2. The summed E-state index contributed by atoms with van der Waals surface area (Å²) >= 11 is 0. The van der Waals surface area contributed by atoms with Gasteiger partial charge in [0.1, 0.15) is 17.9 Å². The van der Waals surface area contributed by atoms with Gasteiger partial charge in [0, 0.05) is 20.2 Å². The van der Waals surface area contributed by atoms with Gasteiger partial charge in [0.2, 0.25) is 5.91 Å². The number of rotatable bonds is 8. The number of hydrogen-bond donors (Lipinski definition) is 2. The van der Waals surface area contributed by atoms with E-state index in [-0.39, 0.29) is 31.2 Å². The van der Waals surface area contributed by atoms with Gasteiger partial charge < -0.3 is 15.4 Å². The molecule has 0 aliphatic carbocycles. The molecule has 2 aromatic heterocycles. The highest BCUT2D eigenvalue weighted by Crippen LogP contribution is 2.18. The summed E-state index contributed by atoms with van der Waals surface area (Å²) in [7, 11) is 1.49. The summed E-state index contributed by atoms with van der Waals surface area (Å²) in [6.45, 7) is 2.29. The summed E-state index contributed by atoms with van der Waals surface area (Å²) in [5, 5.41) is 8.04. The number of fused-ring (bicyclic) bond motifs is 1. The van der Waals surface area contributed by atoms with E-state index in [1.54, 1.807) is 12.1 Å². The Bertz CT molecular complexity index is 1130. The number of carbonyl (C=O) groups excluding carboxylic acids is 1. The standard InChI is InChI=1S/C18H23N7O4/c1-3-8-24-16(19)15(17(27)20-18(24)28)23(9-10-29-2)14(26)11-25-13-7-5-4-6-12(13)21-22-25/h4-7H,3,8-11,19H2,1-2H3,(H,20,27,28). The molecule has 3 N–H and O–H groups in total. The third kappa shape index (κ3) is 4.04. The molecule has 0 aliphatic rings. The number of anilines is 2. The average Bonchev–Trinajstić information content (AvgIpc) is 3.10. The molecule has 0 atom stereocenters. The quantitative estimate of drug-likeness (QED) is 0.539. The lowest BCUT2D eigenvalue weighted by Crippen LogP contribution is -2.43. The zero-order valence-corrected chi connectivity index (χ0v) is 16.3. The Balaban J connectivity index is 2.02. The number of ether oxygens (including phenoxy) is 1. The number of amides is 1. The maximum Gasteiger partial charge on any atom is 0.330 e. The largest absolute Gasteiger partial charge is 0.383 e. The fourth-order valence-corrected chi connectivity index (χ4v) is 3.08. The molecule has 0 radical (unpaired) electrons. The minimum atomic E-state index is -0.729. The molecule has 3 rings (SSSR count). The van der Waals surface area contributed by atoms with E-state index in [0.29, 0.717) is 24.0 Å². The number of benzene rings is 1. The second-order valence-electron chi connectivity index (χ2n) is 6.42. The first-order chi connectivity index (χ1) is 14.0. The first-order valence-electron chi connectivity index (χ1n) is 9.18. The zero-order chi connectivity index (χ0) is 21.0. The van der Waals surface area contributed by atoms with Crippen molar-refractivity contribution >= 4 is 28.4 Å². The van der Waals surface area contributed by atoms with E-state index in [1.807, 2.05) is 19.1 Å². The minimum Gasteiger partial charge on any atom is -0.383 e. The highest BCUT2D eigenvalue weighted by Gasteiger charge is 2.25. The molecule has 11 heteroatoms. The topological polar surface area (TPSA) is 141 Å². The number of aromatic amines is 1. The van der Waals surface area contributed by atoms with Crippen LogP contribution >= 0.6 is 0 Å². The molecule has 154 valence electrons. The van der Waals surface area contributed by atoms with Gasteiger partial charge in [-0.05, 0) is 18.6 Å². The Morgan fingerprint density at radius 2 is 2.07 bits per heavy atom. The highest BCUT2D eigenvalue weighted by molar-refractivity contribution is 5.96. The van der Waals surface area contributed by atoms with Gasteiger partial charge in [-0.2, -0.15) is 0 Å². The number of methoxy groups -OCH3 is 1. The summed E-state index contributed by atoms with van der Waals surface area (Å²) in [5.41, 5.74) is 6.04. The first-order valence-corrected chi connectivity index (χ1v) is 9.18. The number of hydrogen-bond acceptors (Lipinski definition) is 7. The van der Waals surface area contributed by atoms with Gasteiger partial charge in [0.25, 0.3) is 5.56 Å². The Morgan fingerprint density at radius 3 is 2.79 bits per heavy atom. The van der Waals surface area contributed by atoms with Crippen LogP contribution in [0.3, 0.4) is 0 Å². The van der Waals surface area contributed by atoms with Crippen molar-refractivity contribution in [3.63, 3.8) is 0 Å². The lowest BCUT2D eigenvalue weighted by molar-refractivity contribution is -0.119. The summed E-state index contributed by atoms with van der Waals surface area (Å²) < 4.78 is 7.77. The number of nitrogens with one attached hydrogen (secondary N) is 1. The van der Waals surface area contributed by atoms with Crippen LogP contribution in [-0.2, 0) is 22.6 Å². The van der Waals surface area contributed by atoms with Crippen molar-refractivity contribution in [3.8, 4) is 0 Å². The Kier molecular flexibility index (Phi) is 6.07. The number of nitrogens with two attached hydrogens (primary N) is 1. The molecule has 0 bridgehead atoms. The Hall–Kier alpha value is -3.47. The van der Waals surface area contributed by atoms with E-state index in [0.717, 1.165) is 0 Å². The normalized spacial score (nSPS) is 11.1. The van der Waals surface area contributed by atoms with Gasteiger partial charge in [-0.25, -0.2) is 9.48 Å². The molecular weight excluding hydrogens is 378 g/mol. The lowest BCUT2D eigenvalue weighted by Gasteiger charge is -2.24. The maximum absolute atomic E-state index is 13.1. The molecule has 0 fully saturated rings. The van der Waals surface area contributed by atoms with Crippen molar-refractivity contribution in [1.29, 1.82) is 0 Å². The van der Waals surface area contributed by atoms with E-state index < -0.39 is 17.2 Å². The summed E-state index contributed by atoms with van der Waals surface area (Å²) in [6.07, 6.45) is 0.632. The van der Waals surface area contributed by atoms with Crippen LogP contribution in [0.25, 0.3) is 11.0 Å². The van der Waals surface area contributed by atoms with Crippen molar-refractivity contribution in [3.05, 3.63) is 45.1 Å². The third-order valence-corrected chi connectivity index (χ3v) is 4.46. The molecule has 1 amide bonds. The zero-order valence-electron chi connectivity index (χ0n) is 16.3. The van der Waals surface area contributed by atoms with Crippen molar-refractivity contribution < 1.29 is 9.53 Å². The van der Waals surface area contributed by atoms with E-state index >= 15 is 0 Å². The predicted octanol–water partition coefficient (Wildman–Crippen LogP) is -0.0469. The lowest BCUT2D eigenvalue weighted by atomic mass is 10.3. The molecule has 0 saturated carbocycles. The number of nitrogen functional groups attached to an aromatic ring is 1. The van der Waals surface area contributed by atoms with Gasteiger partial charge >= 0.3 is 5.69 Å². The van der Waals surface area contributed by atoms with E-state index in [9.17, 15) is 14.4 Å². The molecule has 0 saturated heterocycles. The van der Waals surface area contributed by atoms with Crippen LogP contribution in [0.2, 0.25) is 0 Å². The van der Waals surface area contributed by atoms with Crippen molar-refractivity contribution in [2.75, 3.05) is 30.9 Å². The number of para-hydroxylation sites is 1. The van der Waals surface area contributed by atoms with Crippen molar-refractivity contribution in [2.45, 2.75) is 26.4 Å². The molecular formula is C18H23N7O4. The fraction of sp³-hybridized carbons (Fsp3) is 0.389. The minimum absolute atomic E-state index is 0.0616. The van der Waals surface area contributed by atoms with Crippen molar-refractivity contribution in [1.82, 2.24) is 24.5 Å². The van der Waals surface area contributed by atoms with Crippen LogP contribution in [0.15, 0.2) is 33.9 Å². The van der Waals surface area contributed by atoms with Crippen LogP contribution in [0.4, 0.5) is 11.5 Å². The maximum atomic E-state index is 13.1. The second-order valence-corrected chi connectivity index (χ2v) is 6.42. The highest BCUT2D eigenvalue weighted by atomic mass is 16.5. The third-order valence-electron chi connectivity index (χ3n) is 4.46. The molecule has 0 unspecified atom stereocenters. The van der Waals surface area contributed by atoms with Crippen molar-refractivity contribution in [2.24, 2.45) is 0 Å². The smallest absolute Gasteiger partial charge is 0.330 e. The van der Waals surface area contributed by atoms with Crippen LogP contribution in [0.1, 0.15) is 13.3 Å². The Morgan fingerprint density at radius 1 is 1.31 bits per heavy atom. The SMILES string of the molecule is CCCn1c(N)c(N(CCOC)C(=O)Cn2nnc3ccccc32)c(=O)[nH]c1=O. The van der Waals surface area contributed by atoms with Gasteiger partial charge in [-0.1, -0.05) is 24.3 Å². The van der Waals surface area contributed by atoms with Crippen LogP contribution in [0, 0.1) is 0 Å². The first kappa shape index (κ1) is 20.3. The predicted molar refractivity (Wildman–Crippen MR) is 108 cm³/mol. The van der Waals surface area contributed by atoms with Crippen LogP contribution in [0.5, 0.6) is 0 Å². The van der Waals surface area contributed by atoms with Gasteiger partial charge in [-0.15, -0.1) is 5.10 Å².